The fourth-order valence-corrected chi connectivity index (χ4v) is 3.15. The van der Waals surface area contributed by atoms with Crippen molar-refractivity contribution in [2.75, 3.05) is 11.4 Å². The Labute approximate surface area is 120 Å². The van der Waals surface area contributed by atoms with Crippen LogP contribution in [0.15, 0.2) is 39.9 Å². The monoisotopic (exact) mass is 280 g/mol. The van der Waals surface area contributed by atoms with Crippen molar-refractivity contribution >= 4 is 39.2 Å². The van der Waals surface area contributed by atoms with Crippen LogP contribution in [0.25, 0.3) is 21.9 Å². The van der Waals surface area contributed by atoms with Crippen molar-refractivity contribution in [3.05, 3.63) is 40.8 Å². The third-order valence-corrected chi connectivity index (χ3v) is 4.05. The lowest BCUT2D eigenvalue weighted by Crippen LogP contribution is -2.25. The van der Waals surface area contributed by atoms with E-state index in [-0.39, 0.29) is 5.91 Å². The Morgan fingerprint density at radius 3 is 2.86 bits per heavy atom. The zero-order chi connectivity index (χ0) is 14.6. The number of rotatable bonds is 1. The van der Waals surface area contributed by atoms with E-state index in [4.69, 9.17) is 4.42 Å². The molecule has 5 heteroatoms. The molecule has 21 heavy (non-hydrogen) atoms. The van der Waals surface area contributed by atoms with E-state index in [2.05, 4.69) is 5.18 Å². The summed E-state index contributed by atoms with van der Waals surface area (Å²) in [4.78, 5) is 24.6. The maximum atomic E-state index is 11.7. The Hall–Kier alpha value is -2.69. The second kappa shape index (κ2) is 4.15. The predicted octanol–water partition coefficient (Wildman–Crippen LogP) is 3.89. The Morgan fingerprint density at radius 1 is 1.29 bits per heavy atom. The maximum Gasteiger partial charge on any atom is 0.223 e. The summed E-state index contributed by atoms with van der Waals surface area (Å²) < 4.78 is 5.94. The normalized spacial score (nSPS) is 13.9. The fourth-order valence-electron chi connectivity index (χ4n) is 3.15. The van der Waals surface area contributed by atoms with Crippen LogP contribution in [0.4, 0.5) is 11.4 Å². The third kappa shape index (κ3) is 1.54. The molecular weight excluding hydrogens is 268 g/mol. The Balaban J connectivity index is 2.15. The van der Waals surface area contributed by atoms with E-state index < -0.39 is 0 Å². The molecule has 0 aliphatic carbocycles. The van der Waals surface area contributed by atoms with Crippen molar-refractivity contribution in [2.24, 2.45) is 5.18 Å². The quantitative estimate of drug-likeness (QED) is 0.635. The lowest BCUT2D eigenvalue weighted by atomic mass is 10.1. The van der Waals surface area contributed by atoms with Crippen LogP contribution in [0, 0.1) is 4.91 Å². The number of amides is 1. The maximum absolute atomic E-state index is 11.7. The molecule has 3 aromatic rings. The summed E-state index contributed by atoms with van der Waals surface area (Å²) in [5, 5.41) is 4.96. The number of carbonyl (C=O) groups excluding carboxylic acids is 1. The predicted molar refractivity (Wildman–Crippen MR) is 80.9 cm³/mol. The smallest absolute Gasteiger partial charge is 0.223 e. The van der Waals surface area contributed by atoms with Crippen molar-refractivity contribution in [1.82, 2.24) is 0 Å². The topological polar surface area (TPSA) is 62.9 Å². The van der Waals surface area contributed by atoms with Crippen LogP contribution in [0.1, 0.15) is 12.5 Å². The summed E-state index contributed by atoms with van der Waals surface area (Å²) >= 11 is 0. The molecular formula is C16H12N2O3. The van der Waals surface area contributed by atoms with Gasteiger partial charge in [-0.3, -0.25) is 4.79 Å². The molecule has 1 aliphatic heterocycles. The number of anilines is 1. The first-order chi connectivity index (χ1) is 10.2. The molecule has 2 aromatic carbocycles. The van der Waals surface area contributed by atoms with E-state index in [1.807, 2.05) is 24.3 Å². The van der Waals surface area contributed by atoms with Crippen molar-refractivity contribution < 1.29 is 9.21 Å². The zero-order valence-electron chi connectivity index (χ0n) is 11.4. The summed E-state index contributed by atoms with van der Waals surface area (Å²) in [6, 6.07) is 9.41. The number of benzene rings is 2. The van der Waals surface area contributed by atoms with Gasteiger partial charge in [0.15, 0.2) is 0 Å². The number of nitroso groups, excluding NO2 is 1. The molecule has 0 N–H and O–H groups in total. The number of carbonyl (C=O) groups is 1. The highest BCUT2D eigenvalue weighted by Gasteiger charge is 2.30. The van der Waals surface area contributed by atoms with E-state index in [0.29, 0.717) is 24.3 Å². The van der Waals surface area contributed by atoms with Crippen LogP contribution in [0.3, 0.4) is 0 Å². The fraction of sp³-hybridized carbons (Fsp3) is 0.188. The number of fused-ring (bicyclic) bond motifs is 5. The minimum atomic E-state index is -0.0888. The number of hydrogen-bond acceptors (Lipinski definition) is 4. The Bertz CT molecular complexity index is 911. The zero-order valence-corrected chi connectivity index (χ0v) is 11.4. The molecule has 0 unspecified atom stereocenters. The van der Waals surface area contributed by atoms with Crippen LogP contribution in [0.5, 0.6) is 0 Å². The summed E-state index contributed by atoms with van der Waals surface area (Å²) in [6.45, 7) is 2.05. The first kappa shape index (κ1) is 12.1. The summed E-state index contributed by atoms with van der Waals surface area (Å²) in [7, 11) is 0. The Kier molecular flexibility index (Phi) is 2.39. The van der Waals surface area contributed by atoms with Crippen molar-refractivity contribution in [3.8, 4) is 0 Å². The minimum absolute atomic E-state index is 0.0888. The molecule has 0 fully saturated rings. The van der Waals surface area contributed by atoms with Gasteiger partial charge < -0.3 is 9.32 Å². The molecule has 1 amide bonds. The SMILES string of the molecule is CC(=O)N1CCc2c1c(N=O)cc1c2oc2ccccc21. The average Bonchev–Trinajstić information content (AvgIpc) is 3.07. The van der Waals surface area contributed by atoms with Gasteiger partial charge in [0.1, 0.15) is 16.9 Å². The van der Waals surface area contributed by atoms with Crippen LogP contribution >= 0.6 is 0 Å². The first-order valence-corrected chi connectivity index (χ1v) is 6.79. The largest absolute Gasteiger partial charge is 0.456 e. The lowest BCUT2D eigenvalue weighted by Gasteiger charge is -2.15. The van der Waals surface area contributed by atoms with E-state index in [9.17, 15) is 9.70 Å². The minimum Gasteiger partial charge on any atom is -0.456 e. The highest BCUT2D eigenvalue weighted by atomic mass is 16.3. The summed E-state index contributed by atoms with van der Waals surface area (Å²) in [6.07, 6.45) is 0.675. The standard InChI is InChI=1S/C16H12N2O3/c1-9(19)18-7-6-11-15(18)13(17-20)8-12-10-4-2-3-5-14(10)21-16(11)12/h2-5,8H,6-7H2,1H3. The van der Waals surface area contributed by atoms with E-state index in [1.54, 1.807) is 11.0 Å². The van der Waals surface area contributed by atoms with Gasteiger partial charge in [-0.1, -0.05) is 18.2 Å². The van der Waals surface area contributed by atoms with Crippen molar-refractivity contribution in [1.29, 1.82) is 0 Å². The molecule has 4 rings (SSSR count). The Morgan fingerprint density at radius 2 is 2.10 bits per heavy atom. The van der Waals surface area contributed by atoms with Gasteiger partial charge in [-0.2, -0.15) is 0 Å². The van der Waals surface area contributed by atoms with Gasteiger partial charge in [0.05, 0.1) is 5.69 Å². The molecule has 0 spiro atoms. The molecule has 0 saturated heterocycles. The lowest BCUT2D eigenvalue weighted by molar-refractivity contribution is -0.116. The number of para-hydroxylation sites is 1. The van der Waals surface area contributed by atoms with Gasteiger partial charge in [0.25, 0.3) is 0 Å². The molecule has 1 aliphatic rings. The highest BCUT2D eigenvalue weighted by molar-refractivity contribution is 6.11. The molecule has 0 radical (unpaired) electrons. The van der Waals surface area contributed by atoms with Gasteiger partial charge in [0, 0.05) is 29.8 Å². The first-order valence-electron chi connectivity index (χ1n) is 6.79. The second-order valence-corrected chi connectivity index (χ2v) is 5.21. The van der Waals surface area contributed by atoms with E-state index >= 15 is 0 Å². The van der Waals surface area contributed by atoms with Crippen LogP contribution in [-0.4, -0.2) is 12.5 Å². The molecule has 5 nitrogen and oxygen atoms in total. The van der Waals surface area contributed by atoms with Gasteiger partial charge in [-0.25, -0.2) is 0 Å². The van der Waals surface area contributed by atoms with E-state index in [0.717, 1.165) is 27.5 Å². The van der Waals surface area contributed by atoms with Crippen LogP contribution in [0.2, 0.25) is 0 Å². The number of nitrogens with zero attached hydrogens (tertiary/aromatic N) is 2. The second-order valence-electron chi connectivity index (χ2n) is 5.21. The molecule has 0 saturated carbocycles. The molecule has 1 aromatic heterocycles. The molecule has 104 valence electrons. The molecule has 0 bridgehead atoms. The summed E-state index contributed by atoms with van der Waals surface area (Å²) in [5.74, 6) is -0.0888. The van der Waals surface area contributed by atoms with Crippen LogP contribution in [-0.2, 0) is 11.2 Å². The third-order valence-electron chi connectivity index (χ3n) is 4.05. The summed E-state index contributed by atoms with van der Waals surface area (Å²) in [5.41, 5.74) is 3.33. The number of hydrogen-bond donors (Lipinski definition) is 0. The van der Waals surface area contributed by atoms with Gasteiger partial charge in [-0.15, -0.1) is 4.91 Å². The number of furan rings is 1. The van der Waals surface area contributed by atoms with Crippen molar-refractivity contribution in [3.63, 3.8) is 0 Å². The highest BCUT2D eigenvalue weighted by Crippen LogP contribution is 2.45. The van der Waals surface area contributed by atoms with Crippen molar-refractivity contribution in [2.45, 2.75) is 13.3 Å². The van der Waals surface area contributed by atoms with Crippen LogP contribution < -0.4 is 4.90 Å². The van der Waals surface area contributed by atoms with Gasteiger partial charge in [0.2, 0.25) is 5.91 Å². The van der Waals surface area contributed by atoms with Gasteiger partial charge >= 0.3 is 0 Å². The average molecular weight is 280 g/mol. The van der Waals surface area contributed by atoms with Gasteiger partial charge in [-0.05, 0) is 23.7 Å². The molecule has 0 atom stereocenters. The molecule has 2 heterocycles. The van der Waals surface area contributed by atoms with E-state index in [1.165, 1.54) is 6.92 Å².